The largest absolute Gasteiger partial charge is 0.375 e. The zero-order valence-corrected chi connectivity index (χ0v) is 8.91. The summed E-state index contributed by atoms with van der Waals surface area (Å²) in [6, 6.07) is 0. The summed E-state index contributed by atoms with van der Waals surface area (Å²) >= 11 is 0. The van der Waals surface area contributed by atoms with E-state index in [9.17, 15) is 4.79 Å². The number of amides is 1. The second-order valence-electron chi connectivity index (χ2n) is 3.94. The number of rotatable bonds is 2. The molecule has 1 N–H and O–H groups in total. The Morgan fingerprint density at radius 3 is 3.00 bits per heavy atom. The van der Waals surface area contributed by atoms with Crippen LogP contribution in [0.2, 0.25) is 0 Å². The van der Waals surface area contributed by atoms with E-state index in [2.05, 4.69) is 5.32 Å². The average molecular weight is 214 g/mol. The number of hydrogen-bond acceptors (Lipinski definition) is 4. The third-order valence-electron chi connectivity index (χ3n) is 2.69. The van der Waals surface area contributed by atoms with Gasteiger partial charge in [0.2, 0.25) is 5.91 Å². The maximum atomic E-state index is 11.8. The molecule has 0 radical (unpaired) electrons. The van der Waals surface area contributed by atoms with Crippen LogP contribution in [0.5, 0.6) is 0 Å². The van der Waals surface area contributed by atoms with Crippen LogP contribution < -0.4 is 5.32 Å². The molecule has 0 aromatic carbocycles. The number of ether oxygens (including phenoxy) is 1. The highest BCUT2D eigenvalue weighted by Crippen LogP contribution is 2.10. The summed E-state index contributed by atoms with van der Waals surface area (Å²) in [6.07, 6.45) is 2.52. The second-order valence-corrected chi connectivity index (χ2v) is 3.94. The predicted molar refractivity (Wildman–Crippen MR) is 54.1 cm³/mol. The van der Waals surface area contributed by atoms with E-state index in [-0.39, 0.29) is 12.0 Å². The standard InChI is InChI=1S/C10H18N2O3/c13-10(12-4-1-2-5-15-12)7-9-8-11-3-6-14-9/h9,11H,1-8H2. The van der Waals surface area contributed by atoms with Gasteiger partial charge < -0.3 is 10.1 Å². The monoisotopic (exact) mass is 214 g/mol. The Kier molecular flexibility index (Phi) is 3.94. The van der Waals surface area contributed by atoms with Crippen LogP contribution in [0.1, 0.15) is 19.3 Å². The van der Waals surface area contributed by atoms with Crippen LogP contribution in [0.3, 0.4) is 0 Å². The smallest absolute Gasteiger partial charge is 0.248 e. The van der Waals surface area contributed by atoms with Crippen LogP contribution in [-0.4, -0.2) is 49.9 Å². The van der Waals surface area contributed by atoms with Gasteiger partial charge in [0.25, 0.3) is 0 Å². The molecule has 2 saturated heterocycles. The minimum Gasteiger partial charge on any atom is -0.375 e. The van der Waals surface area contributed by atoms with Crippen LogP contribution in [-0.2, 0) is 14.4 Å². The molecule has 15 heavy (non-hydrogen) atoms. The Morgan fingerprint density at radius 2 is 2.33 bits per heavy atom. The van der Waals surface area contributed by atoms with E-state index in [0.29, 0.717) is 19.6 Å². The van der Waals surface area contributed by atoms with Gasteiger partial charge in [0, 0.05) is 19.6 Å². The van der Waals surface area contributed by atoms with E-state index in [1.807, 2.05) is 0 Å². The first-order chi connectivity index (χ1) is 7.36. The first-order valence-electron chi connectivity index (χ1n) is 5.62. The number of nitrogens with one attached hydrogen (secondary N) is 1. The average Bonchev–Trinajstić information content (AvgIpc) is 2.31. The molecule has 0 aromatic rings. The van der Waals surface area contributed by atoms with Gasteiger partial charge in [-0.15, -0.1) is 0 Å². The lowest BCUT2D eigenvalue weighted by Crippen LogP contribution is -2.43. The molecule has 2 fully saturated rings. The fourth-order valence-corrected chi connectivity index (χ4v) is 1.84. The number of nitrogens with zero attached hydrogens (tertiary/aromatic N) is 1. The molecule has 1 atom stereocenters. The number of morpholine rings is 1. The molecule has 2 aliphatic rings. The molecule has 2 aliphatic heterocycles. The van der Waals surface area contributed by atoms with Crippen molar-refractivity contribution in [3.8, 4) is 0 Å². The molecule has 0 saturated carbocycles. The molecule has 0 spiro atoms. The van der Waals surface area contributed by atoms with Crippen LogP contribution in [0, 0.1) is 0 Å². The van der Waals surface area contributed by atoms with Crippen molar-refractivity contribution >= 4 is 5.91 Å². The van der Waals surface area contributed by atoms with E-state index < -0.39 is 0 Å². The maximum Gasteiger partial charge on any atom is 0.248 e. The molecule has 0 bridgehead atoms. The molecule has 86 valence electrons. The van der Waals surface area contributed by atoms with Gasteiger partial charge in [-0.3, -0.25) is 9.63 Å². The van der Waals surface area contributed by atoms with Crippen molar-refractivity contribution in [2.24, 2.45) is 0 Å². The lowest BCUT2D eigenvalue weighted by atomic mass is 10.2. The van der Waals surface area contributed by atoms with Crippen molar-refractivity contribution < 1.29 is 14.4 Å². The lowest BCUT2D eigenvalue weighted by Gasteiger charge is -2.29. The van der Waals surface area contributed by atoms with Crippen LogP contribution in [0.15, 0.2) is 0 Å². The van der Waals surface area contributed by atoms with Gasteiger partial charge in [0.1, 0.15) is 0 Å². The van der Waals surface area contributed by atoms with Gasteiger partial charge >= 0.3 is 0 Å². The van der Waals surface area contributed by atoms with Gasteiger partial charge in [-0.05, 0) is 12.8 Å². The minimum absolute atomic E-state index is 0.0109. The van der Waals surface area contributed by atoms with E-state index in [0.717, 1.165) is 32.5 Å². The van der Waals surface area contributed by atoms with Crippen LogP contribution in [0.4, 0.5) is 0 Å². The van der Waals surface area contributed by atoms with Gasteiger partial charge in [-0.25, -0.2) is 5.06 Å². The van der Waals surface area contributed by atoms with Gasteiger partial charge in [-0.1, -0.05) is 0 Å². The summed E-state index contributed by atoms with van der Waals surface area (Å²) in [4.78, 5) is 17.0. The Hall–Kier alpha value is -0.650. The predicted octanol–water partition coefficient (Wildman–Crippen LogP) is -0.0811. The van der Waals surface area contributed by atoms with E-state index >= 15 is 0 Å². The van der Waals surface area contributed by atoms with Gasteiger partial charge in [0.05, 0.1) is 25.7 Å². The topological polar surface area (TPSA) is 50.8 Å². The van der Waals surface area contributed by atoms with Crippen molar-refractivity contribution in [2.45, 2.75) is 25.4 Å². The van der Waals surface area contributed by atoms with E-state index in [4.69, 9.17) is 9.57 Å². The normalized spacial score (nSPS) is 27.7. The molecule has 2 heterocycles. The number of hydrogen-bond donors (Lipinski definition) is 1. The molecule has 5 nitrogen and oxygen atoms in total. The highest BCUT2D eigenvalue weighted by Gasteiger charge is 2.23. The molecular formula is C10H18N2O3. The summed E-state index contributed by atoms with van der Waals surface area (Å²) in [5, 5.41) is 4.69. The van der Waals surface area contributed by atoms with E-state index in [1.54, 1.807) is 0 Å². The summed E-state index contributed by atoms with van der Waals surface area (Å²) in [6.45, 7) is 3.72. The van der Waals surface area contributed by atoms with Crippen LogP contribution in [0.25, 0.3) is 0 Å². The lowest BCUT2D eigenvalue weighted by molar-refractivity contribution is -0.199. The first-order valence-corrected chi connectivity index (χ1v) is 5.62. The zero-order chi connectivity index (χ0) is 10.5. The zero-order valence-electron chi connectivity index (χ0n) is 8.91. The van der Waals surface area contributed by atoms with Gasteiger partial charge in [-0.2, -0.15) is 0 Å². The van der Waals surface area contributed by atoms with Crippen molar-refractivity contribution in [1.29, 1.82) is 0 Å². The van der Waals surface area contributed by atoms with Crippen molar-refractivity contribution in [2.75, 3.05) is 32.8 Å². The maximum absolute atomic E-state index is 11.8. The fourth-order valence-electron chi connectivity index (χ4n) is 1.84. The SMILES string of the molecule is O=C(CC1CNCCO1)N1CCCCO1. The molecule has 1 amide bonds. The molecule has 5 heteroatoms. The van der Waals surface area contributed by atoms with Crippen LogP contribution >= 0.6 is 0 Å². The third kappa shape index (κ3) is 3.15. The third-order valence-corrected chi connectivity index (χ3v) is 2.69. The highest BCUT2D eigenvalue weighted by molar-refractivity contribution is 5.75. The molecule has 2 rings (SSSR count). The van der Waals surface area contributed by atoms with E-state index in [1.165, 1.54) is 5.06 Å². The van der Waals surface area contributed by atoms with Crippen molar-refractivity contribution in [1.82, 2.24) is 10.4 Å². The summed E-state index contributed by atoms with van der Waals surface area (Å²) < 4.78 is 5.47. The fraction of sp³-hybridized carbons (Fsp3) is 0.900. The Morgan fingerprint density at radius 1 is 1.40 bits per heavy atom. The number of hydroxylamine groups is 2. The first kappa shape index (κ1) is 10.9. The van der Waals surface area contributed by atoms with Crippen molar-refractivity contribution in [3.63, 3.8) is 0 Å². The van der Waals surface area contributed by atoms with Crippen molar-refractivity contribution in [3.05, 3.63) is 0 Å². The summed E-state index contributed by atoms with van der Waals surface area (Å²) in [5.74, 6) is 0.0448. The Balaban J connectivity index is 1.74. The molecule has 1 unspecified atom stereocenters. The summed E-state index contributed by atoms with van der Waals surface area (Å²) in [5.41, 5.74) is 0. The molecule has 0 aliphatic carbocycles. The molecule has 0 aromatic heterocycles. The Bertz CT molecular complexity index is 211. The number of carbonyl (C=O) groups excluding carboxylic acids is 1. The summed E-state index contributed by atoms with van der Waals surface area (Å²) in [7, 11) is 0. The second kappa shape index (κ2) is 5.44. The quantitative estimate of drug-likeness (QED) is 0.698. The Labute approximate surface area is 89.7 Å². The molecular weight excluding hydrogens is 196 g/mol. The minimum atomic E-state index is 0.0109. The highest BCUT2D eigenvalue weighted by atomic mass is 16.7. The number of carbonyl (C=O) groups is 1. The van der Waals surface area contributed by atoms with Gasteiger partial charge in [0.15, 0.2) is 0 Å².